The number of ether oxygens (including phenoxy) is 1. The van der Waals surface area contributed by atoms with E-state index in [1.165, 1.54) is 0 Å². The number of halogens is 1. The van der Waals surface area contributed by atoms with Gasteiger partial charge in [-0.15, -0.1) is 0 Å². The van der Waals surface area contributed by atoms with Gasteiger partial charge in [0, 0.05) is 17.6 Å². The molecule has 0 spiro atoms. The normalized spacial score (nSPS) is 15.4. The fourth-order valence-corrected chi connectivity index (χ4v) is 1.61. The van der Waals surface area contributed by atoms with Crippen molar-refractivity contribution < 1.29 is 9.53 Å². The van der Waals surface area contributed by atoms with Crippen molar-refractivity contribution in [2.24, 2.45) is 5.73 Å². The van der Waals surface area contributed by atoms with Crippen molar-refractivity contribution >= 4 is 17.0 Å². The molecule has 1 saturated heterocycles. The van der Waals surface area contributed by atoms with Crippen LogP contribution < -0.4 is 11.1 Å². The second-order valence-electron chi connectivity index (χ2n) is 4.10. The first kappa shape index (κ1) is 15.0. The van der Waals surface area contributed by atoms with E-state index in [9.17, 15) is 4.79 Å². The van der Waals surface area contributed by atoms with Crippen molar-refractivity contribution in [3.63, 3.8) is 0 Å². The SMILES string of the molecule is NC1CCNCC1.O=C(Cl)OCc1ccccc1. The first-order chi connectivity index (χ1) is 8.68. The summed E-state index contributed by atoms with van der Waals surface area (Å²) >= 11 is 4.97. The summed E-state index contributed by atoms with van der Waals surface area (Å²) in [6.07, 6.45) is 2.31. The van der Waals surface area contributed by atoms with Gasteiger partial charge in [-0.3, -0.25) is 0 Å². The third-order valence-electron chi connectivity index (χ3n) is 2.58. The molecular weight excluding hydrogens is 252 g/mol. The summed E-state index contributed by atoms with van der Waals surface area (Å²) in [5.41, 5.74) is 5.76. The Morgan fingerprint density at radius 1 is 1.33 bits per heavy atom. The van der Waals surface area contributed by atoms with Gasteiger partial charge in [0.15, 0.2) is 0 Å². The summed E-state index contributed by atoms with van der Waals surface area (Å²) < 4.78 is 4.55. The molecule has 0 radical (unpaired) electrons. The van der Waals surface area contributed by atoms with E-state index in [1.54, 1.807) is 0 Å². The number of carbonyl (C=O) groups is 1. The molecule has 1 aliphatic rings. The highest BCUT2D eigenvalue weighted by Crippen LogP contribution is 2.01. The predicted octanol–water partition coefficient (Wildman–Crippen LogP) is 2.26. The van der Waals surface area contributed by atoms with Crippen LogP contribution in [0.1, 0.15) is 18.4 Å². The third-order valence-corrected chi connectivity index (χ3v) is 2.69. The molecule has 18 heavy (non-hydrogen) atoms. The lowest BCUT2D eigenvalue weighted by Gasteiger charge is -2.17. The first-order valence-corrected chi connectivity index (χ1v) is 6.39. The third kappa shape index (κ3) is 7.27. The molecule has 0 bridgehead atoms. The van der Waals surface area contributed by atoms with Gasteiger partial charge in [0.05, 0.1) is 0 Å². The maximum atomic E-state index is 10.2. The molecule has 4 nitrogen and oxygen atoms in total. The van der Waals surface area contributed by atoms with Crippen LogP contribution in [-0.4, -0.2) is 24.6 Å². The minimum atomic E-state index is -0.770. The minimum absolute atomic E-state index is 0.239. The molecule has 1 aliphatic heterocycles. The predicted molar refractivity (Wildman–Crippen MR) is 72.6 cm³/mol. The number of nitrogens with one attached hydrogen (secondary N) is 1. The first-order valence-electron chi connectivity index (χ1n) is 6.01. The monoisotopic (exact) mass is 270 g/mol. The lowest BCUT2D eigenvalue weighted by atomic mass is 10.1. The second-order valence-corrected chi connectivity index (χ2v) is 4.41. The molecule has 3 N–H and O–H groups in total. The highest BCUT2D eigenvalue weighted by atomic mass is 35.5. The Kier molecular flexibility index (Phi) is 7.41. The fraction of sp³-hybridized carbons (Fsp3) is 0.462. The highest BCUT2D eigenvalue weighted by Gasteiger charge is 2.05. The number of carbonyl (C=O) groups excluding carboxylic acids is 1. The topological polar surface area (TPSA) is 64.3 Å². The number of piperidine rings is 1. The van der Waals surface area contributed by atoms with E-state index in [0.29, 0.717) is 6.04 Å². The van der Waals surface area contributed by atoms with E-state index in [-0.39, 0.29) is 6.61 Å². The molecule has 1 fully saturated rings. The molecule has 0 aromatic heterocycles. The van der Waals surface area contributed by atoms with E-state index >= 15 is 0 Å². The molecule has 1 aromatic carbocycles. The summed E-state index contributed by atoms with van der Waals surface area (Å²) in [6, 6.07) is 9.83. The zero-order chi connectivity index (χ0) is 13.2. The van der Waals surface area contributed by atoms with E-state index in [0.717, 1.165) is 31.5 Å². The Hall–Kier alpha value is -1.10. The van der Waals surface area contributed by atoms with E-state index in [2.05, 4.69) is 10.1 Å². The molecule has 0 amide bonds. The average Bonchev–Trinajstić information content (AvgIpc) is 2.39. The lowest BCUT2D eigenvalue weighted by molar-refractivity contribution is 0.167. The smallest absolute Gasteiger partial charge is 0.404 e. The molecule has 1 aromatic rings. The highest BCUT2D eigenvalue weighted by molar-refractivity contribution is 6.61. The van der Waals surface area contributed by atoms with Crippen LogP contribution in [0.4, 0.5) is 4.79 Å². The largest absolute Gasteiger partial charge is 0.449 e. The van der Waals surface area contributed by atoms with Crippen LogP contribution in [0.15, 0.2) is 30.3 Å². The van der Waals surface area contributed by atoms with Crippen LogP contribution in [0.25, 0.3) is 0 Å². The van der Waals surface area contributed by atoms with Crippen LogP contribution in [0.5, 0.6) is 0 Å². The Morgan fingerprint density at radius 3 is 2.39 bits per heavy atom. The molecule has 2 rings (SSSR count). The van der Waals surface area contributed by atoms with Crippen molar-refractivity contribution in [1.29, 1.82) is 0 Å². The molecule has 0 unspecified atom stereocenters. The van der Waals surface area contributed by atoms with Crippen LogP contribution in [-0.2, 0) is 11.3 Å². The van der Waals surface area contributed by atoms with Gasteiger partial charge in [0.2, 0.25) is 0 Å². The minimum Gasteiger partial charge on any atom is -0.449 e. The van der Waals surface area contributed by atoms with Crippen LogP contribution in [0, 0.1) is 0 Å². The van der Waals surface area contributed by atoms with E-state index in [4.69, 9.17) is 17.3 Å². The van der Waals surface area contributed by atoms with Crippen molar-refractivity contribution in [3.05, 3.63) is 35.9 Å². The van der Waals surface area contributed by atoms with Crippen molar-refractivity contribution in [1.82, 2.24) is 5.32 Å². The zero-order valence-electron chi connectivity index (χ0n) is 10.3. The van der Waals surface area contributed by atoms with E-state index < -0.39 is 5.43 Å². The maximum absolute atomic E-state index is 10.2. The van der Waals surface area contributed by atoms with Gasteiger partial charge >= 0.3 is 5.43 Å². The molecule has 100 valence electrons. The quantitative estimate of drug-likeness (QED) is 0.809. The summed E-state index contributed by atoms with van der Waals surface area (Å²) in [4.78, 5) is 10.2. The van der Waals surface area contributed by atoms with E-state index in [1.807, 2.05) is 30.3 Å². The number of hydrogen-bond acceptors (Lipinski definition) is 4. The Labute approximate surface area is 112 Å². The van der Waals surface area contributed by atoms with Crippen LogP contribution in [0.2, 0.25) is 0 Å². The van der Waals surface area contributed by atoms with Gasteiger partial charge in [-0.05, 0) is 31.5 Å². The van der Waals surface area contributed by atoms with Gasteiger partial charge < -0.3 is 15.8 Å². The molecule has 5 heteroatoms. The standard InChI is InChI=1S/C8H7ClO2.C5H12N2/c9-8(10)11-6-7-4-2-1-3-5-7;6-5-1-3-7-4-2-5/h1-5H,6H2;5,7H,1-4,6H2. The average molecular weight is 271 g/mol. The second kappa shape index (κ2) is 8.91. The Balaban J connectivity index is 0.000000199. The lowest BCUT2D eigenvalue weighted by Crippen LogP contribution is -2.35. The summed E-state index contributed by atoms with van der Waals surface area (Å²) in [6.45, 7) is 2.46. The number of rotatable bonds is 2. The van der Waals surface area contributed by atoms with Crippen molar-refractivity contribution in [3.8, 4) is 0 Å². The van der Waals surface area contributed by atoms with Crippen molar-refractivity contribution in [2.75, 3.05) is 13.1 Å². The number of nitrogens with two attached hydrogens (primary N) is 1. The van der Waals surface area contributed by atoms with Crippen molar-refractivity contribution in [2.45, 2.75) is 25.5 Å². The summed E-state index contributed by atoms with van der Waals surface area (Å²) in [7, 11) is 0. The zero-order valence-corrected chi connectivity index (χ0v) is 11.0. The van der Waals surface area contributed by atoms with Gasteiger partial charge in [-0.2, -0.15) is 0 Å². The summed E-state index contributed by atoms with van der Waals surface area (Å²) in [5.74, 6) is 0. The number of benzene rings is 1. The molecule has 0 aliphatic carbocycles. The maximum Gasteiger partial charge on any atom is 0.404 e. The van der Waals surface area contributed by atoms with Gasteiger partial charge in [-0.25, -0.2) is 4.79 Å². The van der Waals surface area contributed by atoms with Gasteiger partial charge in [-0.1, -0.05) is 30.3 Å². The van der Waals surface area contributed by atoms with Crippen LogP contribution >= 0.6 is 11.6 Å². The fourth-order valence-electron chi connectivity index (χ4n) is 1.56. The molecular formula is C13H19ClN2O2. The molecule has 1 heterocycles. The Morgan fingerprint density at radius 2 is 1.94 bits per heavy atom. The van der Waals surface area contributed by atoms with Gasteiger partial charge in [0.25, 0.3) is 0 Å². The Bertz CT molecular complexity index is 340. The molecule has 0 atom stereocenters. The summed E-state index contributed by atoms with van der Waals surface area (Å²) in [5, 5.41) is 3.24. The molecule has 0 saturated carbocycles. The van der Waals surface area contributed by atoms with Crippen LogP contribution in [0.3, 0.4) is 0 Å². The number of hydrogen-bond donors (Lipinski definition) is 2. The van der Waals surface area contributed by atoms with Gasteiger partial charge in [0.1, 0.15) is 6.61 Å².